The Kier molecular flexibility index (Phi) is 3.06. The van der Waals surface area contributed by atoms with Crippen LogP contribution in [0.25, 0.3) is 0 Å². The largest absolute Gasteiger partial charge is 0.481 e. The Hall–Kier alpha value is -1.32. The van der Waals surface area contributed by atoms with Crippen LogP contribution in [0.3, 0.4) is 0 Å². The topological polar surface area (TPSA) is 52.9 Å². The Bertz CT molecular complexity index is 258. The van der Waals surface area contributed by atoms with Crippen LogP contribution in [0, 0.1) is 0 Å². The van der Waals surface area contributed by atoms with Crippen LogP contribution in [-0.2, 0) is 4.79 Å². The van der Waals surface area contributed by atoms with E-state index in [9.17, 15) is 4.79 Å². The normalized spacial score (nSPS) is 18.3. The molecule has 0 spiro atoms. The lowest BCUT2D eigenvalue weighted by molar-refractivity contribution is -0.137. The lowest BCUT2D eigenvalue weighted by atomic mass is 10.2. The molecule has 4 nitrogen and oxygen atoms in total. The Morgan fingerprint density at radius 1 is 1.85 bits per heavy atom. The number of carboxylic acids is 1. The van der Waals surface area contributed by atoms with Crippen molar-refractivity contribution in [1.82, 2.24) is 4.90 Å². The van der Waals surface area contributed by atoms with Crippen LogP contribution in [0.15, 0.2) is 16.8 Å². The molecule has 4 heteroatoms. The SMILES string of the molecule is CC1=CN=CN(C(C)CC(=O)O)C1. The maximum Gasteiger partial charge on any atom is 0.305 e. The Labute approximate surface area is 77.6 Å². The van der Waals surface area contributed by atoms with Gasteiger partial charge < -0.3 is 10.0 Å². The number of aliphatic carboxylic acids is 1. The van der Waals surface area contributed by atoms with Crippen LogP contribution in [0.4, 0.5) is 0 Å². The molecule has 0 saturated carbocycles. The molecular weight excluding hydrogens is 168 g/mol. The minimum absolute atomic E-state index is 0.00454. The third-order valence-corrected chi connectivity index (χ3v) is 1.98. The molecule has 0 aromatic carbocycles. The van der Waals surface area contributed by atoms with Crippen LogP contribution >= 0.6 is 0 Å². The van der Waals surface area contributed by atoms with E-state index < -0.39 is 5.97 Å². The zero-order valence-corrected chi connectivity index (χ0v) is 7.90. The molecule has 13 heavy (non-hydrogen) atoms. The summed E-state index contributed by atoms with van der Waals surface area (Å²) in [4.78, 5) is 16.4. The molecular formula is C9H14N2O2. The number of nitrogens with zero attached hydrogens (tertiary/aromatic N) is 2. The first-order chi connectivity index (χ1) is 6.09. The smallest absolute Gasteiger partial charge is 0.305 e. The first-order valence-electron chi connectivity index (χ1n) is 4.26. The molecule has 1 rings (SSSR count). The summed E-state index contributed by atoms with van der Waals surface area (Å²) < 4.78 is 0. The van der Waals surface area contributed by atoms with Gasteiger partial charge in [-0.1, -0.05) is 0 Å². The molecule has 0 saturated heterocycles. The van der Waals surface area contributed by atoms with Gasteiger partial charge in [0.25, 0.3) is 0 Å². The van der Waals surface area contributed by atoms with E-state index in [1.54, 1.807) is 12.5 Å². The first-order valence-corrected chi connectivity index (χ1v) is 4.26. The second-order valence-electron chi connectivity index (χ2n) is 3.36. The zero-order valence-electron chi connectivity index (χ0n) is 7.90. The van der Waals surface area contributed by atoms with Crippen molar-refractivity contribution in [1.29, 1.82) is 0 Å². The summed E-state index contributed by atoms with van der Waals surface area (Å²) in [6.07, 6.45) is 3.64. The molecule has 1 aliphatic heterocycles. The summed E-state index contributed by atoms with van der Waals surface area (Å²) >= 11 is 0. The Morgan fingerprint density at radius 3 is 3.08 bits per heavy atom. The van der Waals surface area contributed by atoms with Crippen molar-refractivity contribution in [2.24, 2.45) is 4.99 Å². The van der Waals surface area contributed by atoms with Crippen LogP contribution in [-0.4, -0.2) is 34.9 Å². The van der Waals surface area contributed by atoms with Crippen LogP contribution < -0.4 is 0 Å². The molecule has 1 aliphatic rings. The number of rotatable bonds is 3. The van der Waals surface area contributed by atoms with Gasteiger partial charge in [0, 0.05) is 18.8 Å². The van der Waals surface area contributed by atoms with E-state index in [-0.39, 0.29) is 12.5 Å². The summed E-state index contributed by atoms with van der Waals surface area (Å²) in [5.74, 6) is -0.770. The Balaban J connectivity index is 2.50. The molecule has 1 N–H and O–H groups in total. The molecule has 0 bridgehead atoms. The van der Waals surface area contributed by atoms with E-state index >= 15 is 0 Å². The predicted octanol–water partition coefficient (Wildman–Crippen LogP) is 1.10. The highest BCUT2D eigenvalue weighted by atomic mass is 16.4. The summed E-state index contributed by atoms with van der Waals surface area (Å²) in [5, 5.41) is 8.59. The van der Waals surface area contributed by atoms with E-state index in [1.807, 2.05) is 18.7 Å². The molecule has 0 aromatic rings. The van der Waals surface area contributed by atoms with Crippen molar-refractivity contribution in [2.45, 2.75) is 26.3 Å². The predicted molar refractivity (Wildman–Crippen MR) is 50.7 cm³/mol. The number of carbonyl (C=O) groups is 1. The molecule has 1 atom stereocenters. The number of hydrogen-bond acceptors (Lipinski definition) is 3. The van der Waals surface area contributed by atoms with Crippen molar-refractivity contribution in [3.05, 3.63) is 11.8 Å². The van der Waals surface area contributed by atoms with E-state index in [4.69, 9.17) is 5.11 Å². The number of aliphatic imine (C=N–C) groups is 1. The monoisotopic (exact) mass is 182 g/mol. The molecule has 0 radical (unpaired) electrons. The van der Waals surface area contributed by atoms with Crippen molar-refractivity contribution in [2.75, 3.05) is 6.54 Å². The van der Waals surface area contributed by atoms with E-state index in [2.05, 4.69) is 4.99 Å². The Morgan fingerprint density at radius 2 is 2.54 bits per heavy atom. The second kappa shape index (κ2) is 4.07. The average Bonchev–Trinajstić information content (AvgIpc) is 2.03. The summed E-state index contributed by atoms with van der Waals surface area (Å²) in [5.41, 5.74) is 1.15. The summed E-state index contributed by atoms with van der Waals surface area (Å²) in [6.45, 7) is 4.65. The van der Waals surface area contributed by atoms with Crippen LogP contribution in [0.1, 0.15) is 20.3 Å². The van der Waals surface area contributed by atoms with Gasteiger partial charge in [0.2, 0.25) is 0 Å². The highest BCUT2D eigenvalue weighted by molar-refractivity contribution is 5.68. The molecule has 0 aromatic heterocycles. The van der Waals surface area contributed by atoms with E-state index in [0.29, 0.717) is 0 Å². The lowest BCUT2D eigenvalue weighted by Gasteiger charge is -2.27. The molecule has 0 fully saturated rings. The number of carboxylic acid groups (broad SMARTS) is 1. The fourth-order valence-corrected chi connectivity index (χ4v) is 1.26. The quantitative estimate of drug-likeness (QED) is 0.711. The maximum atomic E-state index is 10.4. The minimum atomic E-state index is -0.770. The van der Waals surface area contributed by atoms with Crippen molar-refractivity contribution < 1.29 is 9.90 Å². The van der Waals surface area contributed by atoms with Gasteiger partial charge in [0.15, 0.2) is 0 Å². The van der Waals surface area contributed by atoms with Gasteiger partial charge in [0.05, 0.1) is 12.8 Å². The molecule has 1 heterocycles. The third kappa shape index (κ3) is 2.89. The van der Waals surface area contributed by atoms with E-state index in [1.165, 1.54) is 0 Å². The minimum Gasteiger partial charge on any atom is -0.481 e. The standard InChI is InChI=1S/C9H14N2O2/c1-7-4-10-6-11(5-7)8(2)3-9(12)13/h4,6,8H,3,5H2,1-2H3,(H,12,13). The van der Waals surface area contributed by atoms with Gasteiger partial charge >= 0.3 is 5.97 Å². The van der Waals surface area contributed by atoms with Gasteiger partial charge in [-0.05, 0) is 19.4 Å². The van der Waals surface area contributed by atoms with Crippen LogP contribution in [0.5, 0.6) is 0 Å². The van der Waals surface area contributed by atoms with Gasteiger partial charge in [-0.2, -0.15) is 0 Å². The fraction of sp³-hybridized carbons (Fsp3) is 0.556. The highest BCUT2D eigenvalue weighted by Crippen LogP contribution is 2.09. The van der Waals surface area contributed by atoms with Crippen molar-refractivity contribution >= 4 is 12.3 Å². The summed E-state index contributed by atoms with van der Waals surface area (Å²) in [6, 6.07) is 0.00454. The van der Waals surface area contributed by atoms with Crippen molar-refractivity contribution in [3.8, 4) is 0 Å². The summed E-state index contributed by atoms with van der Waals surface area (Å²) in [7, 11) is 0. The second-order valence-corrected chi connectivity index (χ2v) is 3.36. The average molecular weight is 182 g/mol. The lowest BCUT2D eigenvalue weighted by Crippen LogP contribution is -2.36. The van der Waals surface area contributed by atoms with Gasteiger partial charge in [-0.25, -0.2) is 4.99 Å². The molecule has 0 aliphatic carbocycles. The molecule has 1 unspecified atom stereocenters. The molecule has 0 amide bonds. The van der Waals surface area contributed by atoms with Gasteiger partial charge in [0.1, 0.15) is 0 Å². The van der Waals surface area contributed by atoms with E-state index in [0.717, 1.165) is 12.1 Å². The van der Waals surface area contributed by atoms with Gasteiger partial charge in [-0.15, -0.1) is 0 Å². The fourth-order valence-electron chi connectivity index (χ4n) is 1.26. The zero-order chi connectivity index (χ0) is 9.84. The van der Waals surface area contributed by atoms with Gasteiger partial charge in [-0.3, -0.25) is 4.79 Å². The first kappa shape index (κ1) is 9.77. The molecule has 72 valence electrons. The van der Waals surface area contributed by atoms with Crippen LogP contribution in [0.2, 0.25) is 0 Å². The highest BCUT2D eigenvalue weighted by Gasteiger charge is 2.15. The maximum absolute atomic E-state index is 10.4. The number of hydrogen-bond donors (Lipinski definition) is 1. The third-order valence-electron chi connectivity index (χ3n) is 1.98. The van der Waals surface area contributed by atoms with Crippen molar-refractivity contribution in [3.63, 3.8) is 0 Å².